The van der Waals surface area contributed by atoms with Gasteiger partial charge in [0.15, 0.2) is 0 Å². The van der Waals surface area contributed by atoms with E-state index in [1.165, 1.54) is 116 Å². The Bertz CT molecular complexity index is 3770. The number of para-hydroxylation sites is 6. The van der Waals surface area contributed by atoms with E-state index in [0.29, 0.717) is 0 Å². The standard InChI is InChI=1S/C63H48N4/c1-61(2)46-22-13-19-43-40-16-7-10-25-52(40)65(58(43)46)55-31-28-37(34-49(55)61)64(38-29-32-56-50(35-38)62(3,4)47-23-14-20-44-41-17-8-11-26-53(41)66(56)59(44)47)39-30-33-57-51(36-39)63(5,6)48-24-15-21-45-42-18-9-12-27-54(42)67(57)60(45)48/h7-36H,1-6H3. The van der Waals surface area contributed by atoms with Crippen LogP contribution in [0.25, 0.3) is 82.5 Å². The van der Waals surface area contributed by atoms with Gasteiger partial charge in [-0.05, 0) is 106 Å². The monoisotopic (exact) mass is 860 g/mol. The van der Waals surface area contributed by atoms with Crippen molar-refractivity contribution >= 4 is 82.5 Å². The van der Waals surface area contributed by atoms with Crippen LogP contribution in [0.3, 0.4) is 0 Å². The van der Waals surface area contributed by atoms with Crippen LogP contribution in [0.4, 0.5) is 17.1 Å². The highest BCUT2D eigenvalue weighted by Crippen LogP contribution is 2.54. The van der Waals surface area contributed by atoms with Crippen molar-refractivity contribution < 1.29 is 0 Å². The van der Waals surface area contributed by atoms with Crippen molar-refractivity contribution in [3.8, 4) is 17.1 Å². The Morgan fingerprint density at radius 2 is 0.567 bits per heavy atom. The van der Waals surface area contributed by atoms with Crippen LogP contribution < -0.4 is 4.90 Å². The normalized spacial score (nSPS) is 15.7. The van der Waals surface area contributed by atoms with Crippen LogP contribution in [0.5, 0.6) is 0 Å². The van der Waals surface area contributed by atoms with E-state index >= 15 is 0 Å². The molecule has 4 nitrogen and oxygen atoms in total. The van der Waals surface area contributed by atoms with Crippen LogP contribution >= 0.6 is 0 Å². The summed E-state index contributed by atoms with van der Waals surface area (Å²) in [4.78, 5) is 2.54. The molecule has 3 aromatic heterocycles. The molecule has 0 N–H and O–H groups in total. The van der Waals surface area contributed by atoms with Crippen molar-refractivity contribution in [2.75, 3.05) is 4.90 Å². The Labute approximate surface area is 389 Å². The van der Waals surface area contributed by atoms with Crippen molar-refractivity contribution in [1.82, 2.24) is 13.7 Å². The summed E-state index contributed by atoms with van der Waals surface area (Å²) in [5.41, 5.74) is 22.1. The highest BCUT2D eigenvalue weighted by molar-refractivity contribution is 6.14. The minimum atomic E-state index is -0.258. The van der Waals surface area contributed by atoms with Crippen molar-refractivity contribution in [1.29, 1.82) is 0 Å². The van der Waals surface area contributed by atoms with Crippen molar-refractivity contribution in [2.24, 2.45) is 0 Å². The van der Waals surface area contributed by atoms with Gasteiger partial charge in [-0.25, -0.2) is 0 Å². The van der Waals surface area contributed by atoms with Gasteiger partial charge in [-0.2, -0.15) is 0 Å². The summed E-state index contributed by atoms with van der Waals surface area (Å²) in [7, 11) is 0. The van der Waals surface area contributed by atoms with Crippen molar-refractivity contribution in [3.05, 3.63) is 215 Å². The second-order valence-corrected chi connectivity index (χ2v) is 21.0. The maximum Gasteiger partial charge on any atom is 0.0582 e. The lowest BCUT2D eigenvalue weighted by Gasteiger charge is -2.38. The molecule has 3 aliphatic rings. The summed E-state index contributed by atoms with van der Waals surface area (Å²) >= 11 is 0. The number of benzene rings is 9. The summed E-state index contributed by atoms with van der Waals surface area (Å²) in [6.45, 7) is 14.5. The van der Waals surface area contributed by atoms with Crippen LogP contribution in [0.1, 0.15) is 74.9 Å². The molecule has 0 unspecified atom stereocenters. The van der Waals surface area contributed by atoms with Crippen molar-refractivity contribution in [2.45, 2.75) is 57.8 Å². The van der Waals surface area contributed by atoms with Gasteiger partial charge in [0.25, 0.3) is 0 Å². The Morgan fingerprint density at radius 3 is 0.881 bits per heavy atom. The van der Waals surface area contributed by atoms with Gasteiger partial charge in [0, 0.05) is 65.6 Å². The molecule has 320 valence electrons. The molecule has 15 rings (SSSR count). The minimum absolute atomic E-state index is 0.258. The Kier molecular flexibility index (Phi) is 6.89. The summed E-state index contributed by atoms with van der Waals surface area (Å²) in [6, 6.07) is 69.2. The van der Waals surface area contributed by atoms with Crippen LogP contribution in [0, 0.1) is 0 Å². The molecule has 9 aromatic carbocycles. The lowest BCUT2D eigenvalue weighted by molar-refractivity contribution is 0.629. The average molecular weight is 861 g/mol. The fourth-order valence-electron chi connectivity index (χ4n) is 13.3. The third-order valence-electron chi connectivity index (χ3n) is 16.6. The fraction of sp³-hybridized carbons (Fsp3) is 0.143. The zero-order valence-corrected chi connectivity index (χ0v) is 38.6. The first-order valence-corrected chi connectivity index (χ1v) is 23.9. The highest BCUT2D eigenvalue weighted by Gasteiger charge is 2.40. The van der Waals surface area contributed by atoms with Gasteiger partial charge in [0.1, 0.15) is 0 Å². The number of hydrogen-bond donors (Lipinski definition) is 0. The highest BCUT2D eigenvalue weighted by atomic mass is 15.1. The first-order valence-electron chi connectivity index (χ1n) is 23.9. The van der Waals surface area contributed by atoms with Crippen LogP contribution in [-0.2, 0) is 16.2 Å². The molecule has 6 heterocycles. The predicted octanol–water partition coefficient (Wildman–Crippen LogP) is 16.4. The molecule has 4 heteroatoms. The second kappa shape index (κ2) is 12.3. The molecule has 0 aliphatic carbocycles. The first kappa shape index (κ1) is 37.4. The van der Waals surface area contributed by atoms with E-state index in [2.05, 4.69) is 242 Å². The van der Waals surface area contributed by atoms with E-state index in [9.17, 15) is 0 Å². The zero-order chi connectivity index (χ0) is 44.9. The number of rotatable bonds is 3. The topological polar surface area (TPSA) is 18.0 Å². The summed E-state index contributed by atoms with van der Waals surface area (Å²) in [5.74, 6) is 0. The molecule has 0 bridgehead atoms. The van der Waals surface area contributed by atoms with Gasteiger partial charge >= 0.3 is 0 Å². The van der Waals surface area contributed by atoms with Crippen molar-refractivity contribution in [3.63, 3.8) is 0 Å². The molecule has 67 heavy (non-hydrogen) atoms. The molecular weight excluding hydrogens is 813 g/mol. The quantitative estimate of drug-likeness (QED) is 0.173. The van der Waals surface area contributed by atoms with Gasteiger partial charge < -0.3 is 18.6 Å². The Balaban J connectivity index is 0.999. The number of hydrogen-bond acceptors (Lipinski definition) is 1. The maximum atomic E-state index is 2.54. The molecule has 0 fully saturated rings. The molecule has 0 amide bonds. The van der Waals surface area contributed by atoms with Gasteiger partial charge in [-0.3, -0.25) is 0 Å². The molecule has 0 saturated heterocycles. The molecule has 0 radical (unpaired) electrons. The second-order valence-electron chi connectivity index (χ2n) is 21.0. The number of anilines is 3. The molecule has 3 aliphatic heterocycles. The van der Waals surface area contributed by atoms with Gasteiger partial charge in [0.2, 0.25) is 0 Å². The van der Waals surface area contributed by atoms with E-state index in [-0.39, 0.29) is 16.2 Å². The fourth-order valence-corrected chi connectivity index (χ4v) is 13.3. The first-order chi connectivity index (χ1) is 32.5. The minimum Gasteiger partial charge on any atom is -0.310 e. The SMILES string of the molecule is CC1(C)c2cc(N(c3ccc4c(c3)C(C)(C)c3cccc5c6ccccc6n-4c35)c3ccc4c(c3)C(C)(C)c3cccc5c6ccccc6n-4c35)ccc2-n2c3ccccc3c3cccc1c32. The molecule has 0 spiro atoms. The van der Waals surface area contributed by atoms with Crippen LogP contribution in [0.15, 0.2) is 182 Å². The van der Waals surface area contributed by atoms with E-state index in [0.717, 1.165) is 17.1 Å². The van der Waals surface area contributed by atoms with E-state index in [1.54, 1.807) is 0 Å². The lowest BCUT2D eigenvalue weighted by Crippen LogP contribution is -2.28. The third-order valence-corrected chi connectivity index (χ3v) is 16.6. The van der Waals surface area contributed by atoms with E-state index in [1.807, 2.05) is 0 Å². The lowest BCUT2D eigenvalue weighted by atomic mass is 9.74. The average Bonchev–Trinajstić information content (AvgIpc) is 3.99. The number of aromatic nitrogens is 3. The summed E-state index contributed by atoms with van der Waals surface area (Å²) < 4.78 is 7.57. The van der Waals surface area contributed by atoms with Crippen LogP contribution in [0.2, 0.25) is 0 Å². The van der Waals surface area contributed by atoms with E-state index in [4.69, 9.17) is 0 Å². The van der Waals surface area contributed by atoms with Gasteiger partial charge in [-0.1, -0.05) is 151 Å². The largest absolute Gasteiger partial charge is 0.310 e. The Morgan fingerprint density at radius 1 is 0.284 bits per heavy atom. The zero-order valence-electron chi connectivity index (χ0n) is 38.6. The summed E-state index contributed by atoms with van der Waals surface area (Å²) in [6.07, 6.45) is 0. The molecule has 0 saturated carbocycles. The van der Waals surface area contributed by atoms with Crippen LogP contribution in [-0.4, -0.2) is 13.7 Å². The maximum absolute atomic E-state index is 2.54. The summed E-state index contributed by atoms with van der Waals surface area (Å²) in [5, 5.41) is 7.83. The van der Waals surface area contributed by atoms with Gasteiger partial charge in [-0.15, -0.1) is 0 Å². The van der Waals surface area contributed by atoms with E-state index < -0.39 is 0 Å². The van der Waals surface area contributed by atoms with Gasteiger partial charge in [0.05, 0.1) is 50.2 Å². The molecule has 12 aromatic rings. The smallest absolute Gasteiger partial charge is 0.0582 e. The third kappa shape index (κ3) is 4.49. The Hall–Kier alpha value is -7.82. The number of nitrogens with zero attached hydrogens (tertiary/aromatic N) is 4. The predicted molar refractivity (Wildman–Crippen MR) is 281 cm³/mol. The number of fused-ring (bicyclic) bond motifs is 15. The molecular formula is C63H48N4. The molecule has 0 atom stereocenters.